The Morgan fingerprint density at radius 1 is 1.09 bits per heavy atom. The van der Waals surface area contributed by atoms with Crippen LogP contribution in [0.5, 0.6) is 5.75 Å². The number of likely N-dealkylation sites (tertiary alicyclic amines) is 1. The molecule has 0 saturated carbocycles. The van der Waals surface area contributed by atoms with Crippen LogP contribution in [-0.2, 0) is 13.0 Å². The van der Waals surface area contributed by atoms with Crippen molar-refractivity contribution in [3.63, 3.8) is 0 Å². The molecule has 1 aliphatic carbocycles. The lowest BCUT2D eigenvalue weighted by Crippen LogP contribution is -2.35. The summed E-state index contributed by atoms with van der Waals surface area (Å²) in [5.74, 6) is 1.73. The van der Waals surface area contributed by atoms with Gasteiger partial charge in [-0.1, -0.05) is 36.4 Å². The van der Waals surface area contributed by atoms with Gasteiger partial charge in [-0.15, -0.1) is 0 Å². The normalized spacial score (nSPS) is 23.4. The fraction of sp³-hybridized carbons (Fsp3) is 0.429. The van der Waals surface area contributed by atoms with Gasteiger partial charge in [0.15, 0.2) is 0 Å². The molecular weight excluding hydrogens is 282 g/mol. The van der Waals surface area contributed by atoms with Crippen molar-refractivity contribution in [3.05, 3.63) is 64.7 Å². The fourth-order valence-electron chi connectivity index (χ4n) is 4.55. The van der Waals surface area contributed by atoms with Gasteiger partial charge in [0.25, 0.3) is 0 Å². The van der Waals surface area contributed by atoms with E-state index in [2.05, 4.69) is 54.3 Å². The summed E-state index contributed by atoms with van der Waals surface area (Å²) in [6, 6.07) is 16.0. The van der Waals surface area contributed by atoms with Crippen molar-refractivity contribution in [1.29, 1.82) is 0 Å². The molecule has 0 unspecified atom stereocenters. The van der Waals surface area contributed by atoms with Gasteiger partial charge in [0.2, 0.25) is 0 Å². The van der Waals surface area contributed by atoms with Gasteiger partial charge >= 0.3 is 0 Å². The van der Waals surface area contributed by atoms with E-state index in [4.69, 9.17) is 4.74 Å². The van der Waals surface area contributed by atoms with Gasteiger partial charge in [-0.05, 0) is 55.5 Å². The van der Waals surface area contributed by atoms with E-state index < -0.39 is 0 Å². The van der Waals surface area contributed by atoms with E-state index >= 15 is 0 Å². The van der Waals surface area contributed by atoms with Gasteiger partial charge in [0, 0.05) is 24.1 Å². The highest BCUT2D eigenvalue weighted by Gasteiger charge is 2.40. The average Bonchev–Trinajstić information content (AvgIpc) is 2.99. The molecule has 4 rings (SSSR count). The van der Waals surface area contributed by atoms with Crippen molar-refractivity contribution in [2.75, 3.05) is 13.7 Å². The molecule has 2 aliphatic rings. The highest BCUT2D eigenvalue weighted by atomic mass is 16.5. The van der Waals surface area contributed by atoms with Crippen molar-refractivity contribution >= 4 is 0 Å². The van der Waals surface area contributed by atoms with Crippen LogP contribution in [0, 0.1) is 6.92 Å². The zero-order chi connectivity index (χ0) is 15.8. The number of fused-ring (bicyclic) bond motifs is 3. The quantitative estimate of drug-likeness (QED) is 0.838. The average molecular weight is 307 g/mol. The Kier molecular flexibility index (Phi) is 3.86. The molecule has 0 N–H and O–H groups in total. The van der Waals surface area contributed by atoms with Gasteiger partial charge in [-0.2, -0.15) is 0 Å². The monoisotopic (exact) mass is 307 g/mol. The number of benzene rings is 2. The van der Waals surface area contributed by atoms with E-state index in [1.807, 2.05) is 0 Å². The molecule has 2 nitrogen and oxygen atoms in total. The third kappa shape index (κ3) is 2.55. The molecule has 2 aromatic carbocycles. The van der Waals surface area contributed by atoms with E-state index in [9.17, 15) is 0 Å². The second-order valence-corrected chi connectivity index (χ2v) is 6.93. The molecule has 2 atom stereocenters. The summed E-state index contributed by atoms with van der Waals surface area (Å²) in [5, 5.41) is 0. The molecular formula is C21H25NO. The summed E-state index contributed by atoms with van der Waals surface area (Å²) in [6.07, 6.45) is 3.71. The van der Waals surface area contributed by atoms with Crippen LogP contribution in [0.3, 0.4) is 0 Å². The Balaban J connectivity index is 1.61. The Hall–Kier alpha value is -1.80. The largest absolute Gasteiger partial charge is 0.496 e. The van der Waals surface area contributed by atoms with Crippen LogP contribution >= 0.6 is 0 Å². The summed E-state index contributed by atoms with van der Waals surface area (Å²) < 4.78 is 5.67. The Morgan fingerprint density at radius 3 is 2.78 bits per heavy atom. The Labute approximate surface area is 139 Å². The summed E-state index contributed by atoms with van der Waals surface area (Å²) in [7, 11) is 1.80. The molecule has 0 bridgehead atoms. The maximum absolute atomic E-state index is 5.67. The third-order valence-electron chi connectivity index (χ3n) is 5.75. The van der Waals surface area contributed by atoms with Crippen LogP contribution in [0.4, 0.5) is 0 Å². The predicted molar refractivity (Wildman–Crippen MR) is 94.1 cm³/mol. The Bertz CT molecular complexity index is 694. The second-order valence-electron chi connectivity index (χ2n) is 6.93. The van der Waals surface area contributed by atoms with Crippen molar-refractivity contribution in [3.8, 4) is 5.75 Å². The summed E-state index contributed by atoms with van der Waals surface area (Å²) in [4.78, 5) is 2.70. The van der Waals surface area contributed by atoms with Gasteiger partial charge in [0.1, 0.15) is 5.75 Å². The number of hydrogen-bond acceptors (Lipinski definition) is 2. The topological polar surface area (TPSA) is 12.5 Å². The van der Waals surface area contributed by atoms with E-state index in [1.165, 1.54) is 48.1 Å². The Morgan fingerprint density at radius 2 is 1.96 bits per heavy atom. The van der Waals surface area contributed by atoms with Gasteiger partial charge < -0.3 is 4.74 Å². The molecule has 2 aromatic rings. The van der Waals surface area contributed by atoms with Crippen LogP contribution in [-0.4, -0.2) is 24.6 Å². The maximum atomic E-state index is 5.67. The SMILES string of the molecule is COc1cccc2c1[C@@H]1CCN(Cc3ccccc3C)[C@@H]1CC2. The number of rotatable bonds is 3. The highest BCUT2D eigenvalue weighted by molar-refractivity contribution is 5.46. The lowest BCUT2D eigenvalue weighted by atomic mass is 9.79. The predicted octanol–water partition coefficient (Wildman–Crippen LogP) is 4.31. The summed E-state index contributed by atoms with van der Waals surface area (Å²) >= 11 is 0. The fourth-order valence-corrected chi connectivity index (χ4v) is 4.55. The lowest BCUT2D eigenvalue weighted by Gasteiger charge is -2.34. The van der Waals surface area contributed by atoms with E-state index in [0.29, 0.717) is 12.0 Å². The zero-order valence-corrected chi connectivity index (χ0v) is 14.1. The van der Waals surface area contributed by atoms with Crippen LogP contribution < -0.4 is 4.74 Å². The first-order valence-corrected chi connectivity index (χ1v) is 8.72. The first-order valence-electron chi connectivity index (χ1n) is 8.72. The molecule has 2 heteroatoms. The number of ether oxygens (including phenoxy) is 1. The van der Waals surface area contributed by atoms with E-state index in [-0.39, 0.29) is 0 Å². The first-order chi connectivity index (χ1) is 11.3. The van der Waals surface area contributed by atoms with Crippen LogP contribution in [0.15, 0.2) is 42.5 Å². The van der Waals surface area contributed by atoms with Gasteiger partial charge in [0.05, 0.1) is 7.11 Å². The van der Waals surface area contributed by atoms with Gasteiger partial charge in [-0.3, -0.25) is 4.90 Å². The smallest absolute Gasteiger partial charge is 0.122 e. The minimum Gasteiger partial charge on any atom is -0.496 e. The van der Waals surface area contributed by atoms with Crippen LogP contribution in [0.2, 0.25) is 0 Å². The number of hydrogen-bond donors (Lipinski definition) is 0. The number of aryl methyl sites for hydroxylation is 2. The first kappa shape index (κ1) is 14.8. The second kappa shape index (κ2) is 6.01. The van der Waals surface area contributed by atoms with Crippen molar-refractivity contribution in [2.45, 2.75) is 44.7 Å². The van der Waals surface area contributed by atoms with Crippen LogP contribution in [0.1, 0.15) is 41.0 Å². The van der Waals surface area contributed by atoms with Crippen molar-refractivity contribution < 1.29 is 4.74 Å². The number of methoxy groups -OCH3 is 1. The maximum Gasteiger partial charge on any atom is 0.122 e. The van der Waals surface area contributed by atoms with Crippen LogP contribution in [0.25, 0.3) is 0 Å². The molecule has 0 radical (unpaired) electrons. The molecule has 1 fully saturated rings. The summed E-state index contributed by atoms with van der Waals surface area (Å²) in [6.45, 7) is 4.50. The molecule has 1 heterocycles. The third-order valence-corrected chi connectivity index (χ3v) is 5.75. The molecule has 1 aliphatic heterocycles. The van der Waals surface area contributed by atoms with E-state index in [0.717, 1.165) is 12.3 Å². The zero-order valence-electron chi connectivity index (χ0n) is 14.1. The van der Waals surface area contributed by atoms with Crippen molar-refractivity contribution in [2.24, 2.45) is 0 Å². The molecule has 0 aromatic heterocycles. The van der Waals surface area contributed by atoms with Gasteiger partial charge in [-0.25, -0.2) is 0 Å². The molecule has 0 amide bonds. The number of nitrogens with zero attached hydrogens (tertiary/aromatic N) is 1. The molecule has 0 spiro atoms. The standard InChI is InChI=1S/C21H25NO/c1-15-6-3-4-7-17(15)14-22-13-12-18-19(22)11-10-16-8-5-9-20(23-2)21(16)18/h3-9,18-19H,10-14H2,1-2H3/t18-,19-/m1/s1. The molecule has 23 heavy (non-hydrogen) atoms. The van der Waals surface area contributed by atoms with E-state index in [1.54, 1.807) is 7.11 Å². The highest BCUT2D eigenvalue weighted by Crippen LogP contribution is 2.45. The minimum atomic E-state index is 0.638. The lowest BCUT2D eigenvalue weighted by molar-refractivity contribution is 0.217. The van der Waals surface area contributed by atoms with Crippen molar-refractivity contribution in [1.82, 2.24) is 4.90 Å². The molecule has 120 valence electrons. The molecule has 1 saturated heterocycles. The summed E-state index contributed by atoms with van der Waals surface area (Å²) in [5.41, 5.74) is 5.87. The minimum absolute atomic E-state index is 0.638.